The number of aryl methyl sites for hydroxylation is 1. The van der Waals surface area contributed by atoms with Crippen molar-refractivity contribution in [3.05, 3.63) is 46.6 Å². The maximum atomic E-state index is 11.7. The van der Waals surface area contributed by atoms with Crippen molar-refractivity contribution >= 4 is 5.97 Å². The average molecular weight is 330 g/mol. The van der Waals surface area contributed by atoms with E-state index in [0.717, 1.165) is 24.8 Å². The molecular weight excluding hydrogens is 304 g/mol. The summed E-state index contributed by atoms with van der Waals surface area (Å²) < 4.78 is 0. The Morgan fingerprint density at radius 2 is 2.04 bits per heavy atom. The fraction of sp³-hybridized carbons (Fsp3) is 0.450. The van der Waals surface area contributed by atoms with Crippen molar-refractivity contribution in [3.63, 3.8) is 0 Å². The summed E-state index contributed by atoms with van der Waals surface area (Å²) in [6.45, 7) is 9.91. The van der Waals surface area contributed by atoms with Crippen LogP contribution in [0.3, 0.4) is 0 Å². The zero-order chi connectivity index (χ0) is 18.0. The Morgan fingerprint density at radius 1 is 1.38 bits per heavy atom. The fourth-order valence-electron chi connectivity index (χ4n) is 3.66. The van der Waals surface area contributed by atoms with Crippen LogP contribution in [0.15, 0.2) is 29.9 Å². The summed E-state index contributed by atoms with van der Waals surface area (Å²) in [7, 11) is 0. The highest BCUT2D eigenvalue weighted by atomic mass is 16.4. The number of carbonyl (C=O) groups is 1. The first kappa shape index (κ1) is 18.1. The number of aromatic hydroxyl groups is 2. The van der Waals surface area contributed by atoms with Gasteiger partial charge >= 0.3 is 5.97 Å². The molecule has 1 aliphatic rings. The molecule has 0 saturated carbocycles. The number of carboxylic acids is 1. The summed E-state index contributed by atoms with van der Waals surface area (Å²) in [6.07, 6.45) is 5.06. The molecule has 0 heterocycles. The summed E-state index contributed by atoms with van der Waals surface area (Å²) in [5.74, 6) is -1.70. The Hall–Kier alpha value is -2.23. The van der Waals surface area contributed by atoms with E-state index in [1.807, 2.05) is 26.8 Å². The minimum absolute atomic E-state index is 0.0387. The van der Waals surface area contributed by atoms with Crippen molar-refractivity contribution in [2.75, 3.05) is 0 Å². The number of hydrogen-bond acceptors (Lipinski definition) is 3. The quantitative estimate of drug-likeness (QED) is 0.680. The van der Waals surface area contributed by atoms with E-state index in [1.165, 1.54) is 11.6 Å². The summed E-state index contributed by atoms with van der Waals surface area (Å²) in [6, 6.07) is 1.50. The molecule has 0 amide bonds. The lowest BCUT2D eigenvalue weighted by molar-refractivity contribution is 0.0692. The molecule has 24 heavy (non-hydrogen) atoms. The van der Waals surface area contributed by atoms with Gasteiger partial charge in [0.15, 0.2) is 0 Å². The predicted molar refractivity (Wildman–Crippen MR) is 94.8 cm³/mol. The first-order valence-electron chi connectivity index (χ1n) is 8.41. The van der Waals surface area contributed by atoms with E-state index >= 15 is 0 Å². The Labute approximate surface area is 143 Å². The summed E-state index contributed by atoms with van der Waals surface area (Å²) in [5.41, 5.74) is 2.82. The largest absolute Gasteiger partial charge is 0.507 e. The molecule has 1 aromatic rings. The minimum atomic E-state index is -1.17. The highest BCUT2D eigenvalue weighted by Crippen LogP contribution is 2.48. The highest BCUT2D eigenvalue weighted by Gasteiger charge is 2.32. The molecule has 0 bridgehead atoms. The van der Waals surface area contributed by atoms with Crippen molar-refractivity contribution in [2.24, 2.45) is 5.92 Å². The van der Waals surface area contributed by atoms with Gasteiger partial charge in [0.05, 0.1) is 0 Å². The van der Waals surface area contributed by atoms with Crippen molar-refractivity contribution in [3.8, 4) is 11.5 Å². The topological polar surface area (TPSA) is 77.8 Å². The fourth-order valence-corrected chi connectivity index (χ4v) is 3.66. The lowest BCUT2D eigenvalue weighted by atomic mass is 9.73. The van der Waals surface area contributed by atoms with E-state index in [-0.39, 0.29) is 28.9 Å². The number of benzene rings is 1. The maximum absolute atomic E-state index is 11.7. The molecule has 0 unspecified atom stereocenters. The number of carboxylic acid groups (broad SMARTS) is 1. The van der Waals surface area contributed by atoms with Crippen molar-refractivity contribution < 1.29 is 20.1 Å². The molecule has 2 rings (SSSR count). The second-order valence-corrected chi connectivity index (χ2v) is 6.78. The minimum Gasteiger partial charge on any atom is -0.507 e. The lowest BCUT2D eigenvalue weighted by Crippen LogP contribution is -2.18. The lowest BCUT2D eigenvalue weighted by Gasteiger charge is -2.32. The Morgan fingerprint density at radius 3 is 2.58 bits per heavy atom. The van der Waals surface area contributed by atoms with Crippen LogP contribution in [-0.4, -0.2) is 21.3 Å². The molecule has 4 nitrogen and oxygen atoms in total. The molecule has 4 heteroatoms. The summed E-state index contributed by atoms with van der Waals surface area (Å²) >= 11 is 0. The molecule has 0 saturated heterocycles. The van der Waals surface area contributed by atoms with Crippen LogP contribution < -0.4 is 0 Å². The van der Waals surface area contributed by atoms with E-state index in [9.17, 15) is 20.1 Å². The maximum Gasteiger partial charge on any atom is 0.339 e. The van der Waals surface area contributed by atoms with Gasteiger partial charge in [-0.05, 0) is 50.7 Å². The average Bonchev–Trinajstić information content (AvgIpc) is 2.46. The third kappa shape index (κ3) is 3.32. The van der Waals surface area contributed by atoms with Gasteiger partial charge < -0.3 is 15.3 Å². The van der Waals surface area contributed by atoms with Gasteiger partial charge in [0.25, 0.3) is 0 Å². The summed E-state index contributed by atoms with van der Waals surface area (Å²) in [4.78, 5) is 11.7. The van der Waals surface area contributed by atoms with Gasteiger partial charge in [0, 0.05) is 11.5 Å². The number of hydrogen-bond donors (Lipinski definition) is 3. The summed E-state index contributed by atoms with van der Waals surface area (Å²) in [5, 5.41) is 30.8. The normalized spacial score (nSPS) is 20.5. The number of allylic oxidation sites excluding steroid dienone is 3. The van der Waals surface area contributed by atoms with Crippen molar-refractivity contribution in [2.45, 2.75) is 52.4 Å². The van der Waals surface area contributed by atoms with E-state index in [0.29, 0.717) is 17.5 Å². The first-order chi connectivity index (χ1) is 11.3. The van der Waals surface area contributed by atoms with Gasteiger partial charge in [-0.15, -0.1) is 0 Å². The SMILES string of the molecule is C=C(C)[C@H]1CCC(C)=C[C@H]1c1c(O)cc(CCC)c(C(=O)O)c1O. The van der Waals surface area contributed by atoms with Crippen molar-refractivity contribution in [1.82, 2.24) is 0 Å². The van der Waals surface area contributed by atoms with Gasteiger partial charge in [-0.25, -0.2) is 4.79 Å². The van der Waals surface area contributed by atoms with Crippen LogP contribution in [0.5, 0.6) is 11.5 Å². The van der Waals surface area contributed by atoms with Gasteiger partial charge in [-0.1, -0.05) is 37.1 Å². The van der Waals surface area contributed by atoms with Gasteiger partial charge in [0.1, 0.15) is 17.1 Å². The molecule has 3 N–H and O–H groups in total. The highest BCUT2D eigenvalue weighted by molar-refractivity contribution is 5.94. The Kier molecular flexibility index (Phi) is 5.37. The molecule has 2 atom stereocenters. The van der Waals surface area contributed by atoms with E-state index in [1.54, 1.807) is 0 Å². The third-order valence-electron chi connectivity index (χ3n) is 4.85. The van der Waals surface area contributed by atoms with Gasteiger partial charge in [-0.3, -0.25) is 0 Å². The molecule has 0 aromatic heterocycles. The van der Waals surface area contributed by atoms with Crippen LogP contribution >= 0.6 is 0 Å². The van der Waals surface area contributed by atoms with Crippen LogP contribution in [0.1, 0.15) is 67.4 Å². The Bertz CT molecular complexity index is 700. The predicted octanol–water partition coefficient (Wildman–Crippen LogP) is 4.76. The molecule has 130 valence electrons. The zero-order valence-electron chi connectivity index (χ0n) is 14.6. The van der Waals surface area contributed by atoms with Gasteiger partial charge in [0.2, 0.25) is 0 Å². The first-order valence-corrected chi connectivity index (χ1v) is 8.41. The number of phenolic OH excluding ortho intramolecular Hbond substituents is 1. The Balaban J connectivity index is 2.68. The van der Waals surface area contributed by atoms with Crippen LogP contribution in [-0.2, 0) is 6.42 Å². The number of rotatable bonds is 5. The molecule has 0 fully saturated rings. The molecular formula is C20H26O4. The van der Waals surface area contributed by atoms with Crippen molar-refractivity contribution in [1.29, 1.82) is 0 Å². The zero-order valence-corrected chi connectivity index (χ0v) is 14.6. The molecule has 0 radical (unpaired) electrons. The van der Waals surface area contributed by atoms with Gasteiger partial charge in [-0.2, -0.15) is 0 Å². The molecule has 0 aliphatic heterocycles. The van der Waals surface area contributed by atoms with E-state index < -0.39 is 5.97 Å². The van der Waals surface area contributed by atoms with Crippen LogP contribution in [0.2, 0.25) is 0 Å². The second-order valence-electron chi connectivity index (χ2n) is 6.78. The number of phenols is 2. The van der Waals surface area contributed by atoms with Crippen LogP contribution in [0.4, 0.5) is 0 Å². The molecule has 1 aliphatic carbocycles. The molecule has 0 spiro atoms. The van der Waals surface area contributed by atoms with Crippen LogP contribution in [0, 0.1) is 5.92 Å². The standard InChI is InChI=1S/C20H26O4/c1-5-6-13-10-16(21)18(19(22)17(13)20(23)24)15-9-12(4)7-8-14(15)11(2)3/h9-10,14-15,21-22H,2,5-8H2,1,3-4H3,(H,23,24)/t14-,15-/m1/s1. The molecule has 1 aromatic carbocycles. The third-order valence-corrected chi connectivity index (χ3v) is 4.85. The smallest absolute Gasteiger partial charge is 0.339 e. The monoisotopic (exact) mass is 330 g/mol. The van der Waals surface area contributed by atoms with Crippen LogP contribution in [0.25, 0.3) is 0 Å². The second kappa shape index (κ2) is 7.12. The van der Waals surface area contributed by atoms with E-state index in [4.69, 9.17) is 0 Å². The van der Waals surface area contributed by atoms with E-state index in [2.05, 4.69) is 6.58 Å². The number of aromatic carboxylic acids is 1.